The van der Waals surface area contributed by atoms with Crippen LogP contribution in [0, 0.1) is 0 Å². The van der Waals surface area contributed by atoms with Crippen molar-refractivity contribution in [1.29, 1.82) is 0 Å². The van der Waals surface area contributed by atoms with Crippen LogP contribution in [-0.4, -0.2) is 80.6 Å². The molecule has 0 aromatic rings. The smallest absolute Gasteiger partial charge is 0.362 e. The minimum absolute atomic E-state index is 0.0527. The molecule has 0 bridgehead atoms. The van der Waals surface area contributed by atoms with E-state index >= 15 is 0 Å². The van der Waals surface area contributed by atoms with Gasteiger partial charge in [0, 0.05) is 19.3 Å². The molecule has 0 fully saturated rings. The third kappa shape index (κ3) is 26.5. The van der Waals surface area contributed by atoms with Gasteiger partial charge in [-0.05, 0) is 32.1 Å². The summed E-state index contributed by atoms with van der Waals surface area (Å²) in [7, 11) is 5.51. The van der Waals surface area contributed by atoms with Crippen molar-refractivity contribution in [3.63, 3.8) is 0 Å². The van der Waals surface area contributed by atoms with Crippen LogP contribution in [0.3, 0.4) is 0 Å². The van der Waals surface area contributed by atoms with E-state index in [4.69, 9.17) is 14.2 Å². The fourth-order valence-electron chi connectivity index (χ4n) is 5.07. The first-order chi connectivity index (χ1) is 21.1. The number of aliphatic carboxylic acids is 1. The number of likely N-dealkylation sites (N-methyl/N-ethyl adjacent to an activating group) is 1. The van der Waals surface area contributed by atoms with E-state index in [0.29, 0.717) is 19.3 Å². The summed E-state index contributed by atoms with van der Waals surface area (Å²) in [4.78, 5) is 36.6. The first-order valence-electron chi connectivity index (χ1n) is 17.7. The molecule has 0 aliphatic heterocycles. The number of hydrogen-bond donors (Lipinski definition) is 1. The summed E-state index contributed by atoms with van der Waals surface area (Å²) < 4.78 is 17.1. The predicted octanol–water partition coefficient (Wildman–Crippen LogP) is 8.41. The van der Waals surface area contributed by atoms with Gasteiger partial charge in [-0.15, -0.1) is 0 Å². The summed E-state index contributed by atoms with van der Waals surface area (Å²) in [5.41, 5.74) is 0. The van der Waals surface area contributed by atoms with Gasteiger partial charge >= 0.3 is 17.9 Å². The van der Waals surface area contributed by atoms with Crippen LogP contribution in [0.5, 0.6) is 0 Å². The Labute approximate surface area is 269 Å². The van der Waals surface area contributed by atoms with Crippen molar-refractivity contribution in [2.24, 2.45) is 0 Å². The maximum absolute atomic E-state index is 12.6. The van der Waals surface area contributed by atoms with Gasteiger partial charge in [-0.3, -0.25) is 9.59 Å². The van der Waals surface area contributed by atoms with Crippen LogP contribution in [0.25, 0.3) is 0 Å². The fourth-order valence-corrected chi connectivity index (χ4v) is 5.07. The van der Waals surface area contributed by atoms with Crippen molar-refractivity contribution in [2.45, 2.75) is 161 Å². The van der Waals surface area contributed by atoms with Gasteiger partial charge in [0.2, 0.25) is 0 Å². The van der Waals surface area contributed by atoms with Crippen molar-refractivity contribution in [2.75, 3.05) is 41.0 Å². The van der Waals surface area contributed by atoms with Crippen molar-refractivity contribution < 1.29 is 38.2 Å². The standard InChI is InChI=1S/C36H67NO7/c1-6-8-10-12-14-16-18-20-22-24-26-34(38)43-31-32(30-42-29-28-33(36(40)41)37(3,4)5)44-35(39)27-25-23-21-19-17-15-13-11-9-7-2/h12,14,32-33H,6-11,13,15-31H2,1-5H3/p+1/b14-12+. The van der Waals surface area contributed by atoms with Gasteiger partial charge in [0.1, 0.15) is 6.61 Å². The second-order valence-corrected chi connectivity index (χ2v) is 13.1. The number of quaternary nitrogens is 1. The number of esters is 2. The number of carboxylic acids is 1. The number of carboxylic acid groups (broad SMARTS) is 1. The second-order valence-electron chi connectivity index (χ2n) is 13.1. The molecule has 2 unspecified atom stereocenters. The zero-order valence-electron chi connectivity index (χ0n) is 29.1. The molecule has 0 aromatic carbocycles. The van der Waals surface area contributed by atoms with Crippen LogP contribution in [0.2, 0.25) is 0 Å². The molecule has 0 aliphatic carbocycles. The van der Waals surface area contributed by atoms with Gasteiger partial charge in [-0.2, -0.15) is 0 Å². The van der Waals surface area contributed by atoms with E-state index in [-0.39, 0.29) is 36.2 Å². The summed E-state index contributed by atoms with van der Waals surface area (Å²) in [5.74, 6) is -1.48. The molecule has 0 saturated carbocycles. The molecule has 44 heavy (non-hydrogen) atoms. The van der Waals surface area contributed by atoms with Gasteiger partial charge in [0.25, 0.3) is 0 Å². The van der Waals surface area contributed by atoms with E-state index in [0.717, 1.165) is 57.8 Å². The molecular weight excluding hydrogens is 558 g/mol. The molecule has 8 heteroatoms. The van der Waals surface area contributed by atoms with Gasteiger partial charge < -0.3 is 23.8 Å². The van der Waals surface area contributed by atoms with Crippen molar-refractivity contribution in [3.05, 3.63) is 12.2 Å². The van der Waals surface area contributed by atoms with Crippen molar-refractivity contribution >= 4 is 17.9 Å². The van der Waals surface area contributed by atoms with Crippen LogP contribution in [0.1, 0.15) is 149 Å². The molecule has 258 valence electrons. The number of unbranched alkanes of at least 4 members (excludes halogenated alkanes) is 15. The minimum Gasteiger partial charge on any atom is -0.477 e. The Hall–Kier alpha value is -1.93. The Morgan fingerprint density at radius 1 is 0.659 bits per heavy atom. The van der Waals surface area contributed by atoms with Gasteiger partial charge in [-0.25, -0.2) is 4.79 Å². The van der Waals surface area contributed by atoms with Gasteiger partial charge in [-0.1, -0.05) is 109 Å². The molecule has 0 saturated heterocycles. The van der Waals surface area contributed by atoms with Crippen molar-refractivity contribution in [3.8, 4) is 0 Å². The number of carbonyl (C=O) groups excluding carboxylic acids is 2. The lowest BCUT2D eigenvalue weighted by atomic mass is 10.1. The number of carbonyl (C=O) groups is 3. The zero-order valence-corrected chi connectivity index (χ0v) is 29.1. The summed E-state index contributed by atoms with van der Waals surface area (Å²) in [5, 5.41) is 9.55. The van der Waals surface area contributed by atoms with E-state index in [1.165, 1.54) is 57.8 Å². The molecule has 2 atom stereocenters. The van der Waals surface area contributed by atoms with Crippen LogP contribution in [-0.2, 0) is 28.6 Å². The number of hydrogen-bond acceptors (Lipinski definition) is 6. The lowest BCUT2D eigenvalue weighted by molar-refractivity contribution is -0.887. The summed E-state index contributed by atoms with van der Waals surface area (Å²) >= 11 is 0. The van der Waals surface area contributed by atoms with Crippen LogP contribution in [0.15, 0.2) is 12.2 Å². The average Bonchev–Trinajstić information content (AvgIpc) is 2.96. The number of allylic oxidation sites excluding steroid dienone is 2. The molecule has 0 rings (SSSR count). The van der Waals surface area contributed by atoms with E-state index in [2.05, 4.69) is 26.0 Å². The average molecular weight is 627 g/mol. The Bertz CT molecular complexity index is 747. The number of ether oxygens (including phenoxy) is 3. The van der Waals surface area contributed by atoms with Crippen LogP contribution < -0.4 is 0 Å². The number of rotatable bonds is 31. The number of nitrogens with zero attached hydrogens (tertiary/aromatic N) is 1. The van der Waals surface area contributed by atoms with Crippen LogP contribution in [0.4, 0.5) is 0 Å². The molecular formula is C36H68NO7+. The fraction of sp³-hybridized carbons (Fsp3) is 0.861. The lowest BCUT2D eigenvalue weighted by Gasteiger charge is -2.31. The van der Waals surface area contributed by atoms with Gasteiger partial charge in [0.05, 0.1) is 34.4 Å². The SMILES string of the molecule is CCCC/C=C/CCCCCCC(=O)OCC(COCCC(C(=O)O)[N+](C)(C)C)OC(=O)CCCCCCCCCCCC. The third-order valence-electron chi connectivity index (χ3n) is 7.91. The maximum atomic E-state index is 12.6. The molecule has 0 heterocycles. The first kappa shape index (κ1) is 42.1. The largest absolute Gasteiger partial charge is 0.477 e. The Morgan fingerprint density at radius 2 is 1.16 bits per heavy atom. The van der Waals surface area contributed by atoms with Crippen molar-refractivity contribution in [1.82, 2.24) is 0 Å². The molecule has 0 amide bonds. The predicted molar refractivity (Wildman–Crippen MR) is 179 cm³/mol. The van der Waals surface area contributed by atoms with E-state index in [1.807, 2.05) is 21.1 Å². The molecule has 8 nitrogen and oxygen atoms in total. The summed E-state index contributed by atoms with van der Waals surface area (Å²) in [6.45, 7) is 4.65. The zero-order chi connectivity index (χ0) is 32.9. The Kier molecular flexibility index (Phi) is 27.3. The highest BCUT2D eigenvalue weighted by Crippen LogP contribution is 2.13. The molecule has 1 N–H and O–H groups in total. The third-order valence-corrected chi connectivity index (χ3v) is 7.91. The lowest BCUT2D eigenvalue weighted by Crippen LogP contribution is -2.50. The van der Waals surface area contributed by atoms with E-state index in [1.54, 1.807) is 0 Å². The highest BCUT2D eigenvalue weighted by molar-refractivity contribution is 5.72. The molecule has 0 aromatic heterocycles. The van der Waals surface area contributed by atoms with Crippen LogP contribution >= 0.6 is 0 Å². The topological polar surface area (TPSA) is 99.1 Å². The molecule has 0 radical (unpaired) electrons. The van der Waals surface area contributed by atoms with E-state index < -0.39 is 18.1 Å². The molecule has 0 spiro atoms. The second kappa shape index (κ2) is 28.5. The van der Waals surface area contributed by atoms with E-state index in [9.17, 15) is 19.5 Å². The minimum atomic E-state index is -0.877. The Morgan fingerprint density at radius 3 is 1.70 bits per heavy atom. The highest BCUT2D eigenvalue weighted by atomic mass is 16.6. The highest BCUT2D eigenvalue weighted by Gasteiger charge is 2.31. The summed E-state index contributed by atoms with van der Waals surface area (Å²) in [6, 6.07) is -0.609. The van der Waals surface area contributed by atoms with Gasteiger partial charge in [0.15, 0.2) is 12.1 Å². The monoisotopic (exact) mass is 626 g/mol. The molecule has 0 aliphatic rings. The maximum Gasteiger partial charge on any atom is 0.362 e. The summed E-state index contributed by atoms with van der Waals surface area (Å²) in [6.07, 6.45) is 25.4. The quantitative estimate of drug-likeness (QED) is 0.0357. The Balaban J connectivity index is 4.48. The normalized spacial score (nSPS) is 13.2. The first-order valence-corrected chi connectivity index (χ1v) is 17.7.